The minimum atomic E-state index is -0.158. The standard InChI is InChI=1S/C6H13N3O2/c1-11-8-6(10)9-4-2-7-3-5-9/h7H,2-5H2,1H3,(H,8,10). The predicted octanol–water partition coefficient (Wildman–Crippen LogP) is -0.837. The zero-order valence-electron chi connectivity index (χ0n) is 6.59. The average Bonchev–Trinajstić information content (AvgIpc) is 2.07. The van der Waals surface area contributed by atoms with Gasteiger partial charge in [-0.3, -0.25) is 4.84 Å². The zero-order valence-corrected chi connectivity index (χ0v) is 6.59. The SMILES string of the molecule is CONC(=O)N1CCNCC1. The highest BCUT2D eigenvalue weighted by Gasteiger charge is 2.14. The van der Waals surface area contributed by atoms with Gasteiger partial charge in [0.1, 0.15) is 0 Å². The number of amides is 2. The van der Waals surface area contributed by atoms with Crippen molar-refractivity contribution < 1.29 is 9.63 Å². The number of hydrogen-bond donors (Lipinski definition) is 2. The van der Waals surface area contributed by atoms with E-state index in [0.717, 1.165) is 26.2 Å². The summed E-state index contributed by atoms with van der Waals surface area (Å²) >= 11 is 0. The normalized spacial score (nSPS) is 18.1. The van der Waals surface area contributed by atoms with Gasteiger partial charge < -0.3 is 10.2 Å². The molecule has 1 fully saturated rings. The summed E-state index contributed by atoms with van der Waals surface area (Å²) in [4.78, 5) is 17.3. The summed E-state index contributed by atoms with van der Waals surface area (Å²) in [7, 11) is 1.43. The fourth-order valence-electron chi connectivity index (χ4n) is 1.02. The third kappa shape index (κ3) is 2.36. The molecule has 5 heteroatoms. The minimum absolute atomic E-state index is 0.158. The Balaban J connectivity index is 2.27. The number of piperazine rings is 1. The molecule has 2 N–H and O–H groups in total. The van der Waals surface area contributed by atoms with Crippen LogP contribution in [0.3, 0.4) is 0 Å². The highest BCUT2D eigenvalue weighted by atomic mass is 16.6. The average molecular weight is 159 g/mol. The molecule has 11 heavy (non-hydrogen) atoms. The molecule has 1 heterocycles. The lowest BCUT2D eigenvalue weighted by Crippen LogP contribution is -2.49. The van der Waals surface area contributed by atoms with Crippen LogP contribution < -0.4 is 10.8 Å². The van der Waals surface area contributed by atoms with Crippen LogP contribution in [0.25, 0.3) is 0 Å². The van der Waals surface area contributed by atoms with Crippen molar-refractivity contribution in [1.82, 2.24) is 15.7 Å². The maximum absolute atomic E-state index is 11.1. The Morgan fingerprint density at radius 3 is 2.73 bits per heavy atom. The largest absolute Gasteiger partial charge is 0.341 e. The van der Waals surface area contributed by atoms with Crippen LogP contribution in [0.15, 0.2) is 0 Å². The molecule has 1 aliphatic rings. The predicted molar refractivity (Wildman–Crippen MR) is 40.0 cm³/mol. The van der Waals surface area contributed by atoms with Crippen molar-refractivity contribution in [3.05, 3.63) is 0 Å². The fraction of sp³-hybridized carbons (Fsp3) is 0.833. The Morgan fingerprint density at radius 2 is 2.18 bits per heavy atom. The molecule has 0 bridgehead atoms. The molecule has 0 radical (unpaired) electrons. The van der Waals surface area contributed by atoms with Gasteiger partial charge in [0.05, 0.1) is 7.11 Å². The summed E-state index contributed by atoms with van der Waals surface area (Å²) in [6.07, 6.45) is 0. The van der Waals surface area contributed by atoms with Crippen molar-refractivity contribution >= 4 is 6.03 Å². The molecule has 2 amide bonds. The molecule has 64 valence electrons. The van der Waals surface area contributed by atoms with Gasteiger partial charge in [0.2, 0.25) is 0 Å². The second-order valence-corrected chi connectivity index (χ2v) is 2.35. The summed E-state index contributed by atoms with van der Waals surface area (Å²) in [6.45, 7) is 3.21. The van der Waals surface area contributed by atoms with E-state index in [1.165, 1.54) is 7.11 Å². The van der Waals surface area contributed by atoms with Crippen LogP contribution in [0.2, 0.25) is 0 Å². The summed E-state index contributed by atoms with van der Waals surface area (Å²) in [6, 6.07) is -0.158. The molecule has 1 saturated heterocycles. The van der Waals surface area contributed by atoms with Crippen molar-refractivity contribution in [2.45, 2.75) is 0 Å². The smallest absolute Gasteiger partial charge is 0.321 e. The van der Waals surface area contributed by atoms with Crippen molar-refractivity contribution in [1.29, 1.82) is 0 Å². The molecule has 0 atom stereocenters. The van der Waals surface area contributed by atoms with E-state index in [9.17, 15) is 4.79 Å². The number of urea groups is 1. The molecule has 0 spiro atoms. The Kier molecular flexibility index (Phi) is 3.13. The van der Waals surface area contributed by atoms with E-state index in [0.29, 0.717) is 0 Å². The molecular formula is C6H13N3O2. The number of carbonyl (C=O) groups is 1. The van der Waals surface area contributed by atoms with E-state index in [1.807, 2.05) is 0 Å². The highest BCUT2D eigenvalue weighted by Crippen LogP contribution is 1.91. The van der Waals surface area contributed by atoms with Gasteiger partial charge in [-0.2, -0.15) is 0 Å². The Morgan fingerprint density at radius 1 is 1.55 bits per heavy atom. The van der Waals surface area contributed by atoms with Gasteiger partial charge in [0, 0.05) is 26.2 Å². The number of nitrogens with zero attached hydrogens (tertiary/aromatic N) is 1. The van der Waals surface area contributed by atoms with Crippen LogP contribution in [0.5, 0.6) is 0 Å². The van der Waals surface area contributed by atoms with Crippen LogP contribution in [0, 0.1) is 0 Å². The van der Waals surface area contributed by atoms with Gasteiger partial charge in [-0.25, -0.2) is 10.3 Å². The van der Waals surface area contributed by atoms with E-state index < -0.39 is 0 Å². The van der Waals surface area contributed by atoms with Crippen molar-refractivity contribution in [3.8, 4) is 0 Å². The Bertz CT molecular complexity index is 134. The zero-order chi connectivity index (χ0) is 8.10. The molecule has 0 aromatic rings. The van der Waals surface area contributed by atoms with Crippen LogP contribution >= 0.6 is 0 Å². The second-order valence-electron chi connectivity index (χ2n) is 2.35. The molecule has 1 rings (SSSR count). The lowest BCUT2D eigenvalue weighted by molar-refractivity contribution is 0.0844. The van der Waals surface area contributed by atoms with Gasteiger partial charge in [0.25, 0.3) is 0 Å². The van der Waals surface area contributed by atoms with Gasteiger partial charge in [-0.05, 0) is 0 Å². The molecule has 5 nitrogen and oxygen atoms in total. The fourth-order valence-corrected chi connectivity index (χ4v) is 1.02. The molecule has 1 aliphatic heterocycles. The lowest BCUT2D eigenvalue weighted by Gasteiger charge is -2.26. The van der Waals surface area contributed by atoms with E-state index in [2.05, 4.69) is 15.6 Å². The van der Waals surface area contributed by atoms with Crippen LogP contribution in [-0.2, 0) is 4.84 Å². The molecule has 0 unspecified atom stereocenters. The topological polar surface area (TPSA) is 53.6 Å². The van der Waals surface area contributed by atoms with E-state index >= 15 is 0 Å². The quantitative estimate of drug-likeness (QED) is 0.491. The number of carbonyl (C=O) groups excluding carboxylic acids is 1. The molecule has 0 aromatic heterocycles. The van der Waals surface area contributed by atoms with Crippen LogP contribution in [0.4, 0.5) is 4.79 Å². The van der Waals surface area contributed by atoms with E-state index in [1.54, 1.807) is 4.90 Å². The number of rotatable bonds is 1. The number of hydroxylamine groups is 1. The van der Waals surface area contributed by atoms with E-state index in [4.69, 9.17) is 0 Å². The third-order valence-electron chi connectivity index (χ3n) is 1.59. The maximum atomic E-state index is 11.1. The summed E-state index contributed by atoms with van der Waals surface area (Å²) in [5.41, 5.74) is 2.27. The Hall–Kier alpha value is -0.810. The number of hydrogen-bond acceptors (Lipinski definition) is 3. The summed E-state index contributed by atoms with van der Waals surface area (Å²) in [5.74, 6) is 0. The first-order chi connectivity index (χ1) is 5.34. The van der Waals surface area contributed by atoms with Gasteiger partial charge in [-0.15, -0.1) is 0 Å². The first-order valence-corrected chi connectivity index (χ1v) is 3.63. The molecular weight excluding hydrogens is 146 g/mol. The molecule has 0 aliphatic carbocycles. The second kappa shape index (κ2) is 4.15. The first kappa shape index (κ1) is 8.29. The minimum Gasteiger partial charge on any atom is -0.321 e. The molecule has 0 saturated carbocycles. The van der Waals surface area contributed by atoms with Gasteiger partial charge >= 0.3 is 6.03 Å². The maximum Gasteiger partial charge on any atom is 0.341 e. The monoisotopic (exact) mass is 159 g/mol. The van der Waals surface area contributed by atoms with Crippen molar-refractivity contribution in [2.24, 2.45) is 0 Å². The van der Waals surface area contributed by atoms with Crippen molar-refractivity contribution in [2.75, 3.05) is 33.3 Å². The van der Waals surface area contributed by atoms with Gasteiger partial charge in [-0.1, -0.05) is 0 Å². The van der Waals surface area contributed by atoms with Crippen LogP contribution in [0.1, 0.15) is 0 Å². The van der Waals surface area contributed by atoms with Crippen LogP contribution in [-0.4, -0.2) is 44.2 Å². The summed E-state index contributed by atoms with van der Waals surface area (Å²) in [5, 5.41) is 3.15. The van der Waals surface area contributed by atoms with Gasteiger partial charge in [0.15, 0.2) is 0 Å². The van der Waals surface area contributed by atoms with Crippen molar-refractivity contribution in [3.63, 3.8) is 0 Å². The van der Waals surface area contributed by atoms with E-state index in [-0.39, 0.29) is 6.03 Å². The first-order valence-electron chi connectivity index (χ1n) is 3.63. The number of nitrogens with one attached hydrogen (secondary N) is 2. The Labute approximate surface area is 65.6 Å². The lowest BCUT2D eigenvalue weighted by atomic mass is 10.4. The molecule has 0 aromatic carbocycles. The summed E-state index contributed by atoms with van der Waals surface area (Å²) < 4.78 is 0. The highest BCUT2D eigenvalue weighted by molar-refractivity contribution is 5.73. The third-order valence-corrected chi connectivity index (χ3v) is 1.59.